The van der Waals surface area contributed by atoms with Crippen molar-refractivity contribution in [1.29, 1.82) is 0 Å². The number of rotatable bonds is 5. The van der Waals surface area contributed by atoms with Crippen molar-refractivity contribution < 1.29 is 4.79 Å². The molecule has 0 bridgehead atoms. The molecule has 0 aromatic carbocycles. The predicted molar refractivity (Wildman–Crippen MR) is 70.1 cm³/mol. The number of aromatic amines is 1. The molecule has 1 aromatic heterocycles. The van der Waals surface area contributed by atoms with Crippen LogP contribution >= 0.6 is 0 Å². The van der Waals surface area contributed by atoms with Gasteiger partial charge in [0.25, 0.3) is 0 Å². The van der Waals surface area contributed by atoms with Gasteiger partial charge in [-0.3, -0.25) is 10.1 Å². The van der Waals surface area contributed by atoms with Crippen molar-refractivity contribution in [3.63, 3.8) is 0 Å². The van der Waals surface area contributed by atoms with E-state index in [1.807, 2.05) is 11.9 Å². The van der Waals surface area contributed by atoms with E-state index in [1.54, 1.807) is 6.33 Å². The summed E-state index contributed by atoms with van der Waals surface area (Å²) in [7, 11) is 1.89. The topological polar surface area (TPSA) is 61.0 Å². The summed E-state index contributed by atoms with van der Waals surface area (Å²) in [5.74, 6) is 0.180. The Labute approximate surface area is 108 Å². The number of likely N-dealkylation sites (N-methyl/N-ethyl adjacent to an activating group) is 1. The summed E-state index contributed by atoms with van der Waals surface area (Å²) < 4.78 is 0. The number of imidazole rings is 1. The van der Waals surface area contributed by atoms with Crippen LogP contribution in [0.3, 0.4) is 0 Å². The number of amides is 1. The highest BCUT2D eigenvalue weighted by molar-refractivity contribution is 5.82. The maximum Gasteiger partial charge on any atom is 0.239 e. The molecular weight excluding hydrogens is 228 g/mol. The van der Waals surface area contributed by atoms with E-state index in [1.165, 1.54) is 12.8 Å². The Morgan fingerprint density at radius 2 is 2.39 bits per heavy atom. The van der Waals surface area contributed by atoms with Crippen molar-refractivity contribution in [3.05, 3.63) is 17.7 Å². The van der Waals surface area contributed by atoms with Crippen molar-refractivity contribution in [2.24, 2.45) is 0 Å². The van der Waals surface area contributed by atoms with Crippen molar-refractivity contribution in [2.75, 3.05) is 13.6 Å². The summed E-state index contributed by atoms with van der Waals surface area (Å²) in [5, 5.41) is 3.27. The molecule has 1 amide bonds. The molecule has 1 unspecified atom stereocenters. The highest BCUT2D eigenvalue weighted by Gasteiger charge is 2.27. The van der Waals surface area contributed by atoms with E-state index in [9.17, 15) is 4.79 Å². The third-order valence-corrected chi connectivity index (χ3v) is 3.50. The third-order valence-electron chi connectivity index (χ3n) is 3.50. The van der Waals surface area contributed by atoms with Gasteiger partial charge in [0.05, 0.1) is 23.8 Å². The van der Waals surface area contributed by atoms with E-state index in [4.69, 9.17) is 0 Å². The lowest BCUT2D eigenvalue weighted by molar-refractivity contribution is -0.132. The number of nitrogens with zero attached hydrogens (tertiary/aromatic N) is 2. The lowest BCUT2D eigenvalue weighted by Gasteiger charge is -2.27. The minimum atomic E-state index is -0.118. The molecule has 0 saturated carbocycles. The zero-order valence-corrected chi connectivity index (χ0v) is 11.2. The van der Waals surface area contributed by atoms with Crippen LogP contribution in [0.25, 0.3) is 0 Å². The second-order valence-corrected chi connectivity index (χ2v) is 4.93. The van der Waals surface area contributed by atoms with Gasteiger partial charge in [0.2, 0.25) is 5.91 Å². The van der Waals surface area contributed by atoms with Gasteiger partial charge in [0.15, 0.2) is 0 Å². The molecule has 1 atom stereocenters. The maximum atomic E-state index is 12.2. The van der Waals surface area contributed by atoms with E-state index >= 15 is 0 Å². The van der Waals surface area contributed by atoms with E-state index in [0.29, 0.717) is 13.0 Å². The predicted octanol–water partition coefficient (Wildman–Crippen LogP) is 1.07. The number of fused-ring (bicyclic) bond motifs is 1. The van der Waals surface area contributed by atoms with Gasteiger partial charge < -0.3 is 9.88 Å². The fourth-order valence-corrected chi connectivity index (χ4v) is 2.32. The molecule has 2 heterocycles. The smallest absolute Gasteiger partial charge is 0.239 e. The Hall–Kier alpha value is -1.36. The number of unbranched alkanes of at least 4 members (excludes halogenated alkanes) is 2. The van der Waals surface area contributed by atoms with Gasteiger partial charge in [0, 0.05) is 26.6 Å². The van der Waals surface area contributed by atoms with Crippen LogP contribution in [0.1, 0.15) is 37.6 Å². The largest absolute Gasteiger partial charge is 0.347 e. The van der Waals surface area contributed by atoms with E-state index < -0.39 is 0 Å². The molecule has 0 saturated heterocycles. The minimum Gasteiger partial charge on any atom is -0.347 e. The van der Waals surface area contributed by atoms with Crippen molar-refractivity contribution in [1.82, 2.24) is 20.2 Å². The van der Waals surface area contributed by atoms with E-state index in [2.05, 4.69) is 22.2 Å². The average molecular weight is 250 g/mol. The highest BCUT2D eigenvalue weighted by Crippen LogP contribution is 2.13. The van der Waals surface area contributed by atoms with Crippen LogP contribution < -0.4 is 5.32 Å². The number of H-pyrrole nitrogens is 1. The van der Waals surface area contributed by atoms with Gasteiger partial charge in [-0.05, 0) is 6.42 Å². The Morgan fingerprint density at radius 3 is 3.17 bits per heavy atom. The van der Waals surface area contributed by atoms with Gasteiger partial charge in [-0.15, -0.1) is 0 Å². The second kappa shape index (κ2) is 6.00. The molecule has 1 aromatic rings. The Morgan fingerprint density at radius 1 is 1.56 bits per heavy atom. The normalized spacial score (nSPS) is 18.4. The molecule has 2 N–H and O–H groups in total. The molecule has 0 fully saturated rings. The average Bonchev–Trinajstić information content (AvgIpc) is 2.85. The second-order valence-electron chi connectivity index (χ2n) is 4.93. The van der Waals surface area contributed by atoms with Gasteiger partial charge in [-0.2, -0.15) is 0 Å². The molecule has 5 heteroatoms. The molecule has 0 aliphatic carbocycles. The molecule has 1 aliphatic heterocycles. The van der Waals surface area contributed by atoms with E-state index in [-0.39, 0.29) is 11.9 Å². The van der Waals surface area contributed by atoms with Crippen LogP contribution in [-0.4, -0.2) is 40.4 Å². The number of hydrogen-bond donors (Lipinski definition) is 2. The fraction of sp³-hybridized carbons (Fsp3) is 0.692. The summed E-state index contributed by atoms with van der Waals surface area (Å²) in [6.45, 7) is 3.72. The summed E-state index contributed by atoms with van der Waals surface area (Å²) in [5.41, 5.74) is 2.13. The number of carbonyl (C=O) groups excluding carboxylic acids is 1. The lowest BCUT2D eigenvalue weighted by atomic mass is 10.0. The minimum absolute atomic E-state index is 0.118. The van der Waals surface area contributed by atoms with E-state index in [0.717, 1.165) is 24.4 Å². The van der Waals surface area contributed by atoms with Gasteiger partial charge >= 0.3 is 0 Å². The molecular formula is C13H22N4O. The molecule has 100 valence electrons. The Balaban J connectivity index is 1.87. The Kier molecular flexibility index (Phi) is 4.36. The van der Waals surface area contributed by atoms with Crippen molar-refractivity contribution in [3.8, 4) is 0 Å². The summed E-state index contributed by atoms with van der Waals surface area (Å²) in [6.07, 6.45) is 5.83. The monoisotopic (exact) mass is 250 g/mol. The Bertz CT molecular complexity index is 401. The van der Waals surface area contributed by atoms with Crippen LogP contribution in [0, 0.1) is 0 Å². The number of hydrogen-bond acceptors (Lipinski definition) is 3. The fourth-order valence-electron chi connectivity index (χ4n) is 2.32. The number of nitrogens with one attached hydrogen (secondary N) is 2. The lowest BCUT2D eigenvalue weighted by Crippen LogP contribution is -2.48. The van der Waals surface area contributed by atoms with Crippen LogP contribution in [0.4, 0.5) is 0 Å². The first-order valence-electron chi connectivity index (χ1n) is 6.72. The molecule has 18 heavy (non-hydrogen) atoms. The third kappa shape index (κ3) is 2.90. The van der Waals surface area contributed by atoms with Crippen molar-refractivity contribution >= 4 is 5.91 Å². The molecule has 1 aliphatic rings. The summed E-state index contributed by atoms with van der Waals surface area (Å²) in [6, 6.07) is -0.118. The van der Waals surface area contributed by atoms with Gasteiger partial charge in [-0.25, -0.2) is 4.98 Å². The van der Waals surface area contributed by atoms with Crippen molar-refractivity contribution in [2.45, 2.75) is 45.2 Å². The maximum absolute atomic E-state index is 12.2. The van der Waals surface area contributed by atoms with Crippen LogP contribution in [0.5, 0.6) is 0 Å². The quantitative estimate of drug-likeness (QED) is 0.769. The molecule has 2 rings (SSSR count). The van der Waals surface area contributed by atoms with Crippen LogP contribution in [0.15, 0.2) is 6.33 Å². The SMILES string of the molecule is CCCCCN(C)C(=O)C1Cc2nc[nH]c2CN1. The number of aromatic nitrogens is 2. The van der Waals surface area contributed by atoms with Gasteiger partial charge in [-0.1, -0.05) is 19.8 Å². The number of carbonyl (C=O) groups is 1. The standard InChI is InChI=1S/C13H22N4O/c1-3-4-5-6-17(2)13(18)11-7-10-12(8-14-11)16-9-15-10/h9,11,14H,3-8H2,1-2H3,(H,15,16). The first-order valence-corrected chi connectivity index (χ1v) is 6.72. The van der Waals surface area contributed by atoms with Crippen LogP contribution in [-0.2, 0) is 17.8 Å². The molecule has 0 radical (unpaired) electrons. The molecule has 0 spiro atoms. The summed E-state index contributed by atoms with van der Waals surface area (Å²) >= 11 is 0. The first-order chi connectivity index (χ1) is 8.72. The summed E-state index contributed by atoms with van der Waals surface area (Å²) in [4.78, 5) is 21.4. The zero-order valence-electron chi connectivity index (χ0n) is 11.2. The van der Waals surface area contributed by atoms with Gasteiger partial charge in [0.1, 0.15) is 0 Å². The van der Waals surface area contributed by atoms with Crippen LogP contribution in [0.2, 0.25) is 0 Å². The first kappa shape index (κ1) is 13.1. The zero-order chi connectivity index (χ0) is 13.0. The highest BCUT2D eigenvalue weighted by atomic mass is 16.2. The molecule has 5 nitrogen and oxygen atoms in total.